The SMILES string of the molecule is CCN1C(=O)C(=C2SCCS2)C(=O)C1Cc1ccccn1. The molecule has 2 aliphatic heterocycles. The molecule has 2 fully saturated rings. The summed E-state index contributed by atoms with van der Waals surface area (Å²) in [4.78, 5) is 31.2. The molecule has 1 aromatic heterocycles. The van der Waals surface area contributed by atoms with E-state index in [9.17, 15) is 9.59 Å². The van der Waals surface area contributed by atoms with Crippen molar-refractivity contribution in [2.45, 2.75) is 19.4 Å². The molecule has 110 valence electrons. The topological polar surface area (TPSA) is 50.3 Å². The van der Waals surface area contributed by atoms with E-state index in [1.807, 2.05) is 25.1 Å². The number of likely N-dealkylation sites (N-methyl/N-ethyl adjacent to an activating group) is 1. The molecule has 1 atom stereocenters. The number of amides is 1. The van der Waals surface area contributed by atoms with Crippen LogP contribution in [0.25, 0.3) is 0 Å². The Morgan fingerprint density at radius 1 is 1.29 bits per heavy atom. The minimum atomic E-state index is -0.401. The molecular weight excluding hydrogens is 304 g/mol. The van der Waals surface area contributed by atoms with Gasteiger partial charge in [-0.15, -0.1) is 23.5 Å². The predicted octanol–water partition coefficient (Wildman–Crippen LogP) is 2.12. The van der Waals surface area contributed by atoms with Crippen molar-refractivity contribution in [3.05, 3.63) is 39.9 Å². The molecule has 1 aromatic rings. The van der Waals surface area contributed by atoms with Crippen LogP contribution in [0.3, 0.4) is 0 Å². The van der Waals surface area contributed by atoms with Crippen molar-refractivity contribution in [3.63, 3.8) is 0 Å². The molecule has 1 unspecified atom stereocenters. The van der Waals surface area contributed by atoms with Gasteiger partial charge < -0.3 is 4.90 Å². The lowest BCUT2D eigenvalue weighted by Crippen LogP contribution is -2.37. The maximum atomic E-state index is 12.7. The Labute approximate surface area is 132 Å². The van der Waals surface area contributed by atoms with Crippen LogP contribution in [0.5, 0.6) is 0 Å². The van der Waals surface area contributed by atoms with Crippen LogP contribution in [0.4, 0.5) is 0 Å². The van der Waals surface area contributed by atoms with Crippen LogP contribution in [0.2, 0.25) is 0 Å². The first-order valence-electron chi connectivity index (χ1n) is 6.97. The second-order valence-electron chi connectivity index (χ2n) is 4.86. The van der Waals surface area contributed by atoms with E-state index in [0.29, 0.717) is 18.5 Å². The monoisotopic (exact) mass is 320 g/mol. The van der Waals surface area contributed by atoms with Gasteiger partial charge in [0.05, 0.1) is 4.24 Å². The van der Waals surface area contributed by atoms with Crippen LogP contribution < -0.4 is 0 Å². The number of aromatic nitrogens is 1. The summed E-state index contributed by atoms with van der Waals surface area (Å²) in [5.41, 5.74) is 1.25. The Morgan fingerprint density at radius 2 is 2.05 bits per heavy atom. The molecule has 21 heavy (non-hydrogen) atoms. The largest absolute Gasteiger partial charge is 0.328 e. The second-order valence-corrected chi connectivity index (χ2v) is 7.32. The smallest absolute Gasteiger partial charge is 0.259 e. The van der Waals surface area contributed by atoms with E-state index in [1.54, 1.807) is 34.6 Å². The maximum Gasteiger partial charge on any atom is 0.259 e. The van der Waals surface area contributed by atoms with Gasteiger partial charge in [0.2, 0.25) is 0 Å². The molecule has 0 spiro atoms. The lowest BCUT2D eigenvalue weighted by molar-refractivity contribution is -0.126. The number of ketones is 1. The molecule has 0 saturated carbocycles. The van der Waals surface area contributed by atoms with Gasteiger partial charge in [0.1, 0.15) is 11.6 Å². The molecule has 3 rings (SSSR count). The molecule has 2 aliphatic rings. The number of nitrogens with zero attached hydrogens (tertiary/aromatic N) is 2. The average Bonchev–Trinajstić information content (AvgIpc) is 3.08. The summed E-state index contributed by atoms with van der Waals surface area (Å²) >= 11 is 3.25. The zero-order valence-corrected chi connectivity index (χ0v) is 13.4. The molecule has 1 amide bonds. The van der Waals surface area contributed by atoms with Crippen LogP contribution in [0.1, 0.15) is 12.6 Å². The van der Waals surface area contributed by atoms with Crippen molar-refractivity contribution >= 4 is 35.2 Å². The Morgan fingerprint density at radius 3 is 2.67 bits per heavy atom. The minimum absolute atomic E-state index is 0.0376. The summed E-state index contributed by atoms with van der Waals surface area (Å²) < 4.78 is 0.909. The lowest BCUT2D eigenvalue weighted by Gasteiger charge is -2.20. The van der Waals surface area contributed by atoms with E-state index in [4.69, 9.17) is 0 Å². The third kappa shape index (κ3) is 2.74. The van der Waals surface area contributed by atoms with Crippen molar-refractivity contribution in [3.8, 4) is 0 Å². The fourth-order valence-corrected chi connectivity index (χ4v) is 5.16. The number of carbonyl (C=O) groups is 2. The molecule has 0 aliphatic carbocycles. The average molecular weight is 320 g/mol. The fraction of sp³-hybridized carbons (Fsp3) is 0.400. The van der Waals surface area contributed by atoms with E-state index in [2.05, 4.69) is 4.98 Å². The molecule has 2 saturated heterocycles. The summed E-state index contributed by atoms with van der Waals surface area (Å²) in [6.45, 7) is 2.47. The Balaban J connectivity index is 1.91. The molecule has 0 N–H and O–H groups in total. The number of hydrogen-bond acceptors (Lipinski definition) is 5. The van der Waals surface area contributed by atoms with Gasteiger partial charge in [0.25, 0.3) is 5.91 Å². The highest BCUT2D eigenvalue weighted by Crippen LogP contribution is 2.41. The van der Waals surface area contributed by atoms with Gasteiger partial charge in [0.15, 0.2) is 5.78 Å². The van der Waals surface area contributed by atoms with Crippen LogP contribution in [-0.2, 0) is 16.0 Å². The molecule has 6 heteroatoms. The van der Waals surface area contributed by atoms with Crippen molar-refractivity contribution < 1.29 is 9.59 Å². The number of thioether (sulfide) groups is 2. The van der Waals surface area contributed by atoms with Gasteiger partial charge in [-0.1, -0.05) is 6.07 Å². The number of hydrogen-bond donors (Lipinski definition) is 0. The van der Waals surface area contributed by atoms with E-state index >= 15 is 0 Å². The second kappa shape index (κ2) is 6.23. The highest BCUT2D eigenvalue weighted by atomic mass is 32.2. The van der Waals surface area contributed by atoms with E-state index in [1.165, 1.54) is 0 Å². The van der Waals surface area contributed by atoms with Crippen molar-refractivity contribution in [2.75, 3.05) is 18.1 Å². The van der Waals surface area contributed by atoms with Crippen LogP contribution in [-0.4, -0.2) is 45.7 Å². The van der Waals surface area contributed by atoms with Crippen LogP contribution in [0.15, 0.2) is 34.2 Å². The molecule has 4 nitrogen and oxygen atoms in total. The first-order chi connectivity index (χ1) is 10.2. The quantitative estimate of drug-likeness (QED) is 0.631. The zero-order chi connectivity index (χ0) is 14.8. The van der Waals surface area contributed by atoms with Gasteiger partial charge in [-0.05, 0) is 19.1 Å². The lowest BCUT2D eigenvalue weighted by atomic mass is 10.1. The predicted molar refractivity (Wildman–Crippen MR) is 86.1 cm³/mol. The number of Topliss-reactive ketones (excluding diaryl/α,β-unsaturated/α-hetero) is 1. The molecule has 0 bridgehead atoms. The summed E-state index contributed by atoms with van der Waals surface area (Å²) in [7, 11) is 0. The fourth-order valence-electron chi connectivity index (χ4n) is 2.63. The Kier molecular flexibility index (Phi) is 4.35. The van der Waals surface area contributed by atoms with Gasteiger partial charge in [0, 0.05) is 36.4 Å². The van der Waals surface area contributed by atoms with Gasteiger partial charge >= 0.3 is 0 Å². The highest BCUT2D eigenvalue weighted by Gasteiger charge is 2.44. The number of rotatable bonds is 3. The number of pyridine rings is 1. The van der Waals surface area contributed by atoms with Crippen LogP contribution in [0, 0.1) is 0 Å². The third-order valence-corrected chi connectivity index (χ3v) is 6.34. The minimum Gasteiger partial charge on any atom is -0.328 e. The van der Waals surface area contributed by atoms with E-state index in [0.717, 1.165) is 21.4 Å². The maximum absolute atomic E-state index is 12.7. The molecule has 3 heterocycles. The van der Waals surface area contributed by atoms with Crippen molar-refractivity contribution in [1.29, 1.82) is 0 Å². The van der Waals surface area contributed by atoms with E-state index in [-0.39, 0.29) is 11.7 Å². The normalized spacial score (nSPS) is 22.5. The number of carbonyl (C=O) groups excluding carboxylic acids is 2. The van der Waals surface area contributed by atoms with Crippen molar-refractivity contribution in [1.82, 2.24) is 9.88 Å². The first kappa shape index (κ1) is 14.7. The highest BCUT2D eigenvalue weighted by molar-refractivity contribution is 8.25. The molecule has 0 radical (unpaired) electrons. The molecular formula is C15H16N2O2S2. The molecule has 0 aromatic carbocycles. The van der Waals surface area contributed by atoms with Gasteiger partial charge in [-0.25, -0.2) is 0 Å². The van der Waals surface area contributed by atoms with Gasteiger partial charge in [-0.3, -0.25) is 14.6 Å². The Hall–Kier alpha value is -1.27. The van der Waals surface area contributed by atoms with E-state index < -0.39 is 6.04 Å². The standard InChI is InChI=1S/C15H16N2O2S2/c1-2-17-11(9-10-5-3-4-6-16-10)13(18)12(14(17)19)15-20-7-8-21-15/h3-6,11H,2,7-9H2,1H3. The summed E-state index contributed by atoms with van der Waals surface area (Å²) in [6.07, 6.45) is 2.21. The third-order valence-electron chi connectivity index (χ3n) is 3.62. The zero-order valence-electron chi connectivity index (χ0n) is 11.7. The summed E-state index contributed by atoms with van der Waals surface area (Å²) in [5, 5.41) is 0. The van der Waals surface area contributed by atoms with Crippen molar-refractivity contribution in [2.24, 2.45) is 0 Å². The van der Waals surface area contributed by atoms with Gasteiger partial charge in [-0.2, -0.15) is 0 Å². The van der Waals surface area contributed by atoms with Crippen LogP contribution >= 0.6 is 23.5 Å². The Bertz CT molecular complexity index is 593. The summed E-state index contributed by atoms with van der Waals surface area (Å²) in [5.74, 6) is 1.80. The first-order valence-corrected chi connectivity index (χ1v) is 8.94. The number of likely N-dealkylation sites (tertiary alicyclic amines) is 1. The summed E-state index contributed by atoms with van der Waals surface area (Å²) in [6, 6.07) is 5.25.